The van der Waals surface area contributed by atoms with Gasteiger partial charge in [-0.1, -0.05) is 389 Å². The molecule has 0 aromatic rings. The number of phosphoric ester groups is 2. The van der Waals surface area contributed by atoms with Crippen LogP contribution in [-0.4, -0.2) is 96.7 Å². The Kier molecular flexibility index (Phi) is 72.8. The summed E-state index contributed by atoms with van der Waals surface area (Å²) in [5.74, 6) is 0.218. The van der Waals surface area contributed by atoms with Gasteiger partial charge in [0.15, 0.2) is 12.2 Å². The van der Waals surface area contributed by atoms with Crippen molar-refractivity contribution in [2.45, 2.75) is 458 Å². The number of carbonyl (C=O) groups is 4. The molecule has 3 N–H and O–H groups in total. The molecule has 0 aliphatic heterocycles. The van der Waals surface area contributed by atoms with Gasteiger partial charge in [0.25, 0.3) is 0 Å². The highest BCUT2D eigenvalue weighted by molar-refractivity contribution is 7.47. The van der Waals surface area contributed by atoms with E-state index in [1.165, 1.54) is 250 Å². The number of aliphatic hydroxyl groups is 1. The monoisotopic (exact) mass is 1510 g/mol. The van der Waals surface area contributed by atoms with Crippen molar-refractivity contribution >= 4 is 39.5 Å². The molecular weight excluding hydrogens is 1340 g/mol. The Morgan fingerprint density at radius 1 is 0.282 bits per heavy atom. The Morgan fingerprint density at radius 2 is 0.495 bits per heavy atom. The standard InChI is InChI=1S/C84H164O17P2/c1-8-10-11-12-13-14-15-16-17-18-19-20-21-26-29-32-37-46-53-60-67-83(88)100-79(71-94-81(86)65-58-51-44-36-31-28-25-23-22-24-27-30-34-41-48-55-62-75(3)4)73-98-102(90,91)96-69-78(85)70-97-103(92,93)99-74-80(101-84(89)68-61-54-47-38-33-35-42-49-56-63-76(5)6)72-95-82(87)66-59-52-45-40-39-43-50-57-64-77(7)9-2/h75-80,85H,8-74H2,1-7H3,(H,90,91)(H,92,93)/t77?,78-,79-,80-/m1/s1. The van der Waals surface area contributed by atoms with Crippen molar-refractivity contribution in [2.24, 2.45) is 17.8 Å². The maximum Gasteiger partial charge on any atom is 0.472 e. The molecule has 19 heteroatoms. The largest absolute Gasteiger partial charge is 0.472 e. The first kappa shape index (κ1) is 101. The highest BCUT2D eigenvalue weighted by Crippen LogP contribution is 2.45. The Labute approximate surface area is 632 Å². The lowest BCUT2D eigenvalue weighted by atomic mass is 9.99. The summed E-state index contributed by atoms with van der Waals surface area (Å²) in [4.78, 5) is 73.1. The molecule has 0 bridgehead atoms. The summed E-state index contributed by atoms with van der Waals surface area (Å²) in [7, 11) is -9.93. The fourth-order valence-electron chi connectivity index (χ4n) is 13.0. The molecule has 17 nitrogen and oxygen atoms in total. The fourth-order valence-corrected chi connectivity index (χ4v) is 14.6. The average Bonchev–Trinajstić information content (AvgIpc) is 0.995. The van der Waals surface area contributed by atoms with Crippen LogP contribution in [-0.2, 0) is 65.4 Å². The van der Waals surface area contributed by atoms with E-state index in [4.69, 9.17) is 37.0 Å². The number of ether oxygens (including phenoxy) is 4. The molecule has 6 atom stereocenters. The molecule has 0 aromatic heterocycles. The lowest BCUT2D eigenvalue weighted by molar-refractivity contribution is -0.161. The Balaban J connectivity index is 5.24. The normalized spacial score (nSPS) is 14.2. The number of unbranched alkanes of at least 4 members (excludes halogenated alkanes) is 49. The summed E-state index contributed by atoms with van der Waals surface area (Å²) in [5, 5.41) is 10.7. The van der Waals surface area contributed by atoms with Crippen LogP contribution >= 0.6 is 15.6 Å². The molecule has 0 saturated carbocycles. The summed E-state index contributed by atoms with van der Waals surface area (Å²) in [6.07, 6.45) is 63.9. The van der Waals surface area contributed by atoms with Gasteiger partial charge in [0, 0.05) is 25.7 Å². The van der Waals surface area contributed by atoms with E-state index in [9.17, 15) is 43.2 Å². The van der Waals surface area contributed by atoms with Crippen LogP contribution in [0.4, 0.5) is 0 Å². The van der Waals surface area contributed by atoms with Gasteiger partial charge >= 0.3 is 39.5 Å². The van der Waals surface area contributed by atoms with Crippen molar-refractivity contribution in [3.8, 4) is 0 Å². The number of hydrogen-bond donors (Lipinski definition) is 3. The van der Waals surface area contributed by atoms with Gasteiger partial charge < -0.3 is 33.8 Å². The zero-order chi connectivity index (χ0) is 75.8. The van der Waals surface area contributed by atoms with Crippen LogP contribution in [0.15, 0.2) is 0 Å². The SMILES string of the molecule is CCCCCCCCCCCCCCCCCCCCCCC(=O)O[C@H](COC(=O)CCCCCCCCCCCCCCCCCCC(C)C)COP(=O)(O)OC[C@@H](O)COP(=O)(O)OC[C@@H](COC(=O)CCCCCCCCCCC(C)CC)OC(=O)CCCCCCCCCCCC(C)C. The van der Waals surface area contributed by atoms with Crippen molar-refractivity contribution in [3.05, 3.63) is 0 Å². The quantitative estimate of drug-likeness (QED) is 0.0222. The maximum absolute atomic E-state index is 13.1. The van der Waals surface area contributed by atoms with Gasteiger partial charge in [-0.3, -0.25) is 37.3 Å². The number of phosphoric acid groups is 2. The minimum Gasteiger partial charge on any atom is -0.462 e. The second kappa shape index (κ2) is 74.2. The number of aliphatic hydroxyl groups excluding tert-OH is 1. The molecular formula is C84H164O17P2. The highest BCUT2D eigenvalue weighted by atomic mass is 31.2. The molecule has 0 saturated heterocycles. The van der Waals surface area contributed by atoms with Crippen molar-refractivity contribution < 1.29 is 80.2 Å². The summed E-state index contributed by atoms with van der Waals surface area (Å²) >= 11 is 0. The molecule has 0 spiro atoms. The molecule has 0 radical (unpaired) electrons. The van der Waals surface area contributed by atoms with Gasteiger partial charge in [-0.2, -0.15) is 0 Å². The molecule has 0 fully saturated rings. The Hall–Kier alpha value is -1.94. The third-order valence-corrected chi connectivity index (χ3v) is 21.9. The lowest BCUT2D eigenvalue weighted by Gasteiger charge is -2.21. The molecule has 103 heavy (non-hydrogen) atoms. The maximum atomic E-state index is 13.1. The van der Waals surface area contributed by atoms with Crippen LogP contribution in [0.25, 0.3) is 0 Å². The van der Waals surface area contributed by atoms with E-state index in [0.717, 1.165) is 108 Å². The minimum atomic E-state index is -4.97. The number of rotatable bonds is 82. The van der Waals surface area contributed by atoms with Crippen LogP contribution in [0, 0.1) is 17.8 Å². The van der Waals surface area contributed by atoms with E-state index in [1.54, 1.807) is 0 Å². The van der Waals surface area contributed by atoms with Crippen LogP contribution in [0.5, 0.6) is 0 Å². The molecule has 0 heterocycles. The first-order valence-corrected chi connectivity index (χ1v) is 46.4. The molecule has 0 aliphatic rings. The van der Waals surface area contributed by atoms with Crippen LogP contribution in [0.2, 0.25) is 0 Å². The summed E-state index contributed by atoms with van der Waals surface area (Å²) < 4.78 is 68.8. The van der Waals surface area contributed by atoms with Crippen molar-refractivity contribution in [2.75, 3.05) is 39.6 Å². The zero-order valence-corrected chi connectivity index (χ0v) is 69.6. The third kappa shape index (κ3) is 76.6. The van der Waals surface area contributed by atoms with E-state index >= 15 is 0 Å². The van der Waals surface area contributed by atoms with Gasteiger partial charge in [0.2, 0.25) is 0 Å². The van der Waals surface area contributed by atoms with Gasteiger partial charge in [-0.25, -0.2) is 9.13 Å². The van der Waals surface area contributed by atoms with Crippen molar-refractivity contribution in [1.29, 1.82) is 0 Å². The van der Waals surface area contributed by atoms with E-state index in [0.29, 0.717) is 25.7 Å². The molecule has 0 aliphatic carbocycles. The zero-order valence-electron chi connectivity index (χ0n) is 67.8. The Bertz CT molecular complexity index is 1990. The second-order valence-electron chi connectivity index (χ2n) is 31.4. The molecule has 0 amide bonds. The first-order valence-electron chi connectivity index (χ1n) is 43.4. The predicted molar refractivity (Wildman–Crippen MR) is 423 cm³/mol. The lowest BCUT2D eigenvalue weighted by Crippen LogP contribution is -2.30. The second-order valence-corrected chi connectivity index (χ2v) is 34.3. The van der Waals surface area contributed by atoms with Crippen LogP contribution in [0.1, 0.15) is 440 Å². The van der Waals surface area contributed by atoms with Gasteiger partial charge in [0.05, 0.1) is 26.4 Å². The number of esters is 4. The summed E-state index contributed by atoms with van der Waals surface area (Å²) in [5.41, 5.74) is 0. The van der Waals surface area contributed by atoms with Crippen molar-refractivity contribution in [3.63, 3.8) is 0 Å². The number of hydrogen-bond acceptors (Lipinski definition) is 15. The van der Waals surface area contributed by atoms with Crippen LogP contribution in [0.3, 0.4) is 0 Å². The van der Waals surface area contributed by atoms with E-state index in [-0.39, 0.29) is 25.7 Å². The van der Waals surface area contributed by atoms with E-state index in [1.807, 2.05) is 0 Å². The Morgan fingerprint density at radius 3 is 0.738 bits per heavy atom. The van der Waals surface area contributed by atoms with E-state index < -0.39 is 97.5 Å². The summed E-state index contributed by atoms with van der Waals surface area (Å²) in [6.45, 7) is 12.0. The van der Waals surface area contributed by atoms with Crippen LogP contribution < -0.4 is 0 Å². The van der Waals surface area contributed by atoms with E-state index in [2.05, 4.69) is 48.5 Å². The highest BCUT2D eigenvalue weighted by Gasteiger charge is 2.30. The molecule has 0 rings (SSSR count). The smallest absolute Gasteiger partial charge is 0.462 e. The molecule has 612 valence electrons. The van der Waals surface area contributed by atoms with Gasteiger partial charge in [-0.15, -0.1) is 0 Å². The predicted octanol–water partition coefficient (Wildman–Crippen LogP) is 25.3. The molecule has 3 unspecified atom stereocenters. The van der Waals surface area contributed by atoms with Gasteiger partial charge in [0.1, 0.15) is 19.3 Å². The topological polar surface area (TPSA) is 237 Å². The fraction of sp³-hybridized carbons (Fsp3) is 0.952. The summed E-state index contributed by atoms with van der Waals surface area (Å²) in [6, 6.07) is 0. The minimum absolute atomic E-state index is 0.105. The number of carbonyl (C=O) groups excluding carboxylic acids is 4. The van der Waals surface area contributed by atoms with Gasteiger partial charge in [-0.05, 0) is 43.4 Å². The molecule has 0 aromatic carbocycles. The third-order valence-electron chi connectivity index (χ3n) is 20.0. The average molecular weight is 1510 g/mol. The first-order chi connectivity index (χ1) is 49.8. The van der Waals surface area contributed by atoms with Crippen molar-refractivity contribution in [1.82, 2.24) is 0 Å².